The normalized spacial score (nSPS) is 21.4. The smallest absolute Gasteiger partial charge is 0.407 e. The molecule has 0 bridgehead atoms. The molecule has 0 aromatic heterocycles. The van der Waals surface area contributed by atoms with Crippen LogP contribution >= 0.6 is 0 Å². The molecule has 1 aromatic carbocycles. The van der Waals surface area contributed by atoms with Gasteiger partial charge in [0.05, 0.1) is 0 Å². The first-order valence-corrected chi connectivity index (χ1v) is 8.43. The van der Waals surface area contributed by atoms with Gasteiger partial charge in [-0.25, -0.2) is 4.79 Å². The molecule has 2 rings (SSSR count). The van der Waals surface area contributed by atoms with Crippen molar-refractivity contribution in [3.8, 4) is 5.75 Å². The molecule has 1 aliphatic rings. The SMILES string of the molecule is CC(NC1CC(NC(=O)OC(C)(C)C)C1)c1ccc(OC(F)F)cc1. The molecule has 1 unspecified atom stereocenters. The molecule has 0 radical (unpaired) electrons. The Balaban J connectivity index is 1.72. The van der Waals surface area contributed by atoms with Gasteiger partial charge in [0.1, 0.15) is 11.4 Å². The number of benzene rings is 1. The van der Waals surface area contributed by atoms with Gasteiger partial charge in [-0.1, -0.05) is 12.1 Å². The minimum atomic E-state index is -2.81. The predicted octanol–water partition coefficient (Wildman–Crippen LogP) is 3.99. The maximum Gasteiger partial charge on any atom is 0.407 e. The van der Waals surface area contributed by atoms with E-state index in [1.807, 2.05) is 27.7 Å². The molecule has 5 nitrogen and oxygen atoms in total. The van der Waals surface area contributed by atoms with E-state index in [4.69, 9.17) is 4.74 Å². The molecule has 1 aliphatic carbocycles. The van der Waals surface area contributed by atoms with Gasteiger partial charge >= 0.3 is 12.7 Å². The number of hydrogen-bond acceptors (Lipinski definition) is 4. The van der Waals surface area contributed by atoms with Crippen LogP contribution < -0.4 is 15.4 Å². The second-order valence-electron chi connectivity index (χ2n) is 7.35. The molecule has 1 fully saturated rings. The van der Waals surface area contributed by atoms with Gasteiger partial charge in [0, 0.05) is 18.1 Å². The number of nitrogens with one attached hydrogen (secondary N) is 2. The maximum absolute atomic E-state index is 12.1. The van der Waals surface area contributed by atoms with E-state index in [1.165, 1.54) is 12.1 Å². The molecule has 0 spiro atoms. The molecule has 1 atom stereocenters. The van der Waals surface area contributed by atoms with Crippen LogP contribution in [0.4, 0.5) is 13.6 Å². The topological polar surface area (TPSA) is 59.6 Å². The highest BCUT2D eigenvalue weighted by atomic mass is 19.3. The van der Waals surface area contributed by atoms with E-state index in [-0.39, 0.29) is 17.8 Å². The van der Waals surface area contributed by atoms with E-state index < -0.39 is 18.3 Å². The number of alkyl halides is 2. The minimum absolute atomic E-state index is 0.0769. The van der Waals surface area contributed by atoms with Crippen LogP contribution in [0.15, 0.2) is 24.3 Å². The van der Waals surface area contributed by atoms with E-state index in [2.05, 4.69) is 15.4 Å². The minimum Gasteiger partial charge on any atom is -0.444 e. The number of carbonyl (C=O) groups excluding carboxylic acids is 1. The van der Waals surface area contributed by atoms with Crippen LogP contribution in [0.5, 0.6) is 5.75 Å². The monoisotopic (exact) mass is 356 g/mol. The zero-order chi connectivity index (χ0) is 18.6. The van der Waals surface area contributed by atoms with Gasteiger partial charge < -0.3 is 20.1 Å². The van der Waals surface area contributed by atoms with Crippen LogP contribution in [0, 0.1) is 0 Å². The lowest BCUT2D eigenvalue weighted by Gasteiger charge is -2.38. The van der Waals surface area contributed by atoms with Gasteiger partial charge in [0.2, 0.25) is 0 Å². The number of ether oxygens (including phenoxy) is 2. The Morgan fingerprint density at radius 2 is 1.76 bits per heavy atom. The molecule has 25 heavy (non-hydrogen) atoms. The molecule has 1 saturated carbocycles. The Labute approximate surface area is 147 Å². The van der Waals surface area contributed by atoms with Crippen molar-refractivity contribution in [1.29, 1.82) is 0 Å². The van der Waals surface area contributed by atoms with Crippen molar-refractivity contribution >= 4 is 6.09 Å². The summed E-state index contributed by atoms with van der Waals surface area (Å²) in [4.78, 5) is 11.7. The summed E-state index contributed by atoms with van der Waals surface area (Å²) < 4.78 is 33.9. The fourth-order valence-electron chi connectivity index (χ4n) is 2.73. The molecule has 0 saturated heterocycles. The van der Waals surface area contributed by atoms with Crippen molar-refractivity contribution in [3.63, 3.8) is 0 Å². The second kappa shape index (κ2) is 7.99. The fraction of sp³-hybridized carbons (Fsp3) is 0.611. The average Bonchev–Trinajstić information content (AvgIpc) is 2.43. The predicted molar refractivity (Wildman–Crippen MR) is 90.8 cm³/mol. The van der Waals surface area contributed by atoms with Gasteiger partial charge in [-0.05, 0) is 58.2 Å². The van der Waals surface area contributed by atoms with Gasteiger partial charge in [-0.2, -0.15) is 8.78 Å². The van der Waals surface area contributed by atoms with Crippen molar-refractivity contribution in [2.24, 2.45) is 0 Å². The van der Waals surface area contributed by atoms with Crippen molar-refractivity contribution in [2.75, 3.05) is 0 Å². The zero-order valence-electron chi connectivity index (χ0n) is 15.0. The average molecular weight is 356 g/mol. The van der Waals surface area contributed by atoms with E-state index >= 15 is 0 Å². The van der Waals surface area contributed by atoms with Crippen molar-refractivity contribution in [2.45, 2.75) is 70.9 Å². The summed E-state index contributed by atoms with van der Waals surface area (Å²) in [6, 6.07) is 7.09. The summed E-state index contributed by atoms with van der Waals surface area (Å²) in [6.07, 6.45) is 1.27. The van der Waals surface area contributed by atoms with E-state index in [0.717, 1.165) is 18.4 Å². The van der Waals surface area contributed by atoms with E-state index in [0.29, 0.717) is 6.04 Å². The lowest BCUT2D eigenvalue weighted by atomic mass is 9.86. The van der Waals surface area contributed by atoms with Crippen LogP contribution in [-0.2, 0) is 4.74 Å². The molecule has 1 aromatic rings. The Bertz CT molecular complexity index is 567. The number of halogens is 2. The van der Waals surface area contributed by atoms with E-state index in [1.54, 1.807) is 12.1 Å². The fourth-order valence-corrected chi connectivity index (χ4v) is 2.73. The lowest BCUT2D eigenvalue weighted by Crippen LogP contribution is -2.53. The number of rotatable bonds is 6. The quantitative estimate of drug-likeness (QED) is 0.809. The van der Waals surface area contributed by atoms with Crippen molar-refractivity contribution in [1.82, 2.24) is 10.6 Å². The first kappa shape index (κ1) is 19.4. The maximum atomic E-state index is 12.1. The summed E-state index contributed by atoms with van der Waals surface area (Å²) in [5.74, 6) is 0.149. The Morgan fingerprint density at radius 1 is 1.16 bits per heavy atom. The number of alkyl carbamates (subject to hydrolysis) is 1. The molecule has 0 aliphatic heterocycles. The second-order valence-corrected chi connectivity index (χ2v) is 7.35. The Morgan fingerprint density at radius 3 is 2.28 bits per heavy atom. The number of amides is 1. The Hall–Kier alpha value is -1.89. The highest BCUT2D eigenvalue weighted by molar-refractivity contribution is 5.68. The van der Waals surface area contributed by atoms with Crippen molar-refractivity contribution < 1.29 is 23.0 Å². The Kier molecular flexibility index (Phi) is 6.21. The molecular formula is C18H26F2N2O3. The summed E-state index contributed by atoms with van der Waals surface area (Å²) >= 11 is 0. The highest BCUT2D eigenvalue weighted by Gasteiger charge is 2.32. The number of carbonyl (C=O) groups is 1. The van der Waals surface area contributed by atoms with Crippen LogP contribution in [-0.4, -0.2) is 30.4 Å². The van der Waals surface area contributed by atoms with Gasteiger partial charge in [-0.3, -0.25) is 0 Å². The number of hydrogen-bond donors (Lipinski definition) is 2. The largest absolute Gasteiger partial charge is 0.444 e. The summed E-state index contributed by atoms with van der Waals surface area (Å²) in [7, 11) is 0. The molecule has 7 heteroatoms. The van der Waals surface area contributed by atoms with Crippen LogP contribution in [0.1, 0.15) is 52.1 Å². The van der Waals surface area contributed by atoms with Gasteiger partial charge in [0.15, 0.2) is 0 Å². The standard InChI is InChI=1S/C18H26F2N2O3/c1-11(12-5-7-15(8-6-12)24-16(19)20)21-13-9-14(10-13)22-17(23)25-18(2,3)4/h5-8,11,13-14,16,21H,9-10H2,1-4H3,(H,22,23). The van der Waals surface area contributed by atoms with Crippen LogP contribution in [0.25, 0.3) is 0 Å². The molecule has 2 N–H and O–H groups in total. The summed E-state index contributed by atoms with van der Waals surface area (Å²) in [6.45, 7) is 4.69. The molecule has 0 heterocycles. The highest BCUT2D eigenvalue weighted by Crippen LogP contribution is 2.25. The van der Waals surface area contributed by atoms with Gasteiger partial charge in [-0.15, -0.1) is 0 Å². The van der Waals surface area contributed by atoms with Crippen molar-refractivity contribution in [3.05, 3.63) is 29.8 Å². The third-order valence-electron chi connectivity index (χ3n) is 3.95. The third-order valence-corrected chi connectivity index (χ3v) is 3.95. The summed E-state index contributed by atoms with van der Waals surface area (Å²) in [5, 5.41) is 6.32. The van der Waals surface area contributed by atoms with Gasteiger partial charge in [0.25, 0.3) is 0 Å². The first-order chi connectivity index (χ1) is 11.6. The molecule has 140 valence electrons. The molecular weight excluding hydrogens is 330 g/mol. The van der Waals surface area contributed by atoms with Crippen LogP contribution in [0.2, 0.25) is 0 Å². The molecule has 1 amide bonds. The first-order valence-electron chi connectivity index (χ1n) is 8.43. The zero-order valence-corrected chi connectivity index (χ0v) is 15.0. The van der Waals surface area contributed by atoms with E-state index in [9.17, 15) is 13.6 Å². The third kappa shape index (κ3) is 6.49. The van der Waals surface area contributed by atoms with Crippen LogP contribution in [0.3, 0.4) is 0 Å². The lowest BCUT2D eigenvalue weighted by molar-refractivity contribution is -0.0498. The summed E-state index contributed by atoms with van der Waals surface area (Å²) in [5.41, 5.74) is 0.491.